The number of nitrogens with zero attached hydrogens (tertiary/aromatic N) is 1. The minimum Gasteiger partial charge on any atom is -0.395 e. The Morgan fingerprint density at radius 3 is 2.62 bits per heavy atom. The first-order valence-corrected chi connectivity index (χ1v) is 6.08. The number of sulfonamides is 1. The number of hydrogen-bond acceptors (Lipinski definition) is 3. The third-order valence-electron chi connectivity index (χ3n) is 2.51. The molecular formula is C8H17NO3S. The van der Waals surface area contributed by atoms with Crippen LogP contribution in [0.2, 0.25) is 0 Å². The van der Waals surface area contributed by atoms with Crippen LogP contribution in [0.25, 0.3) is 0 Å². The molecular weight excluding hydrogens is 190 g/mol. The molecule has 0 aromatic carbocycles. The fourth-order valence-corrected chi connectivity index (χ4v) is 2.99. The predicted molar refractivity (Wildman–Crippen MR) is 50.8 cm³/mol. The number of rotatable bonds is 3. The molecule has 2 atom stereocenters. The molecule has 2 unspecified atom stereocenters. The van der Waals surface area contributed by atoms with Crippen LogP contribution in [0.5, 0.6) is 0 Å². The van der Waals surface area contributed by atoms with Crippen LogP contribution in [0.4, 0.5) is 0 Å². The summed E-state index contributed by atoms with van der Waals surface area (Å²) in [6, 6.07) is 0. The lowest BCUT2D eigenvalue weighted by molar-refractivity contribution is 0.290. The molecule has 1 heterocycles. The highest BCUT2D eigenvalue weighted by atomic mass is 32.2. The van der Waals surface area contributed by atoms with Crippen LogP contribution in [0.3, 0.4) is 0 Å². The number of aliphatic hydroxyl groups excluding tert-OH is 1. The SMILES string of the molecule is CC1CCN(S(=O)(=O)C(C)CO)C1. The molecule has 5 heteroatoms. The zero-order chi connectivity index (χ0) is 10.1. The third-order valence-corrected chi connectivity index (χ3v) is 4.73. The van der Waals surface area contributed by atoms with Gasteiger partial charge in [0, 0.05) is 13.1 Å². The summed E-state index contributed by atoms with van der Waals surface area (Å²) < 4.78 is 24.8. The molecule has 13 heavy (non-hydrogen) atoms. The summed E-state index contributed by atoms with van der Waals surface area (Å²) in [6.45, 7) is 4.49. The lowest BCUT2D eigenvalue weighted by atomic mass is 10.2. The molecule has 0 spiro atoms. The van der Waals surface area contributed by atoms with Crippen LogP contribution >= 0.6 is 0 Å². The van der Waals surface area contributed by atoms with Crippen molar-refractivity contribution in [2.45, 2.75) is 25.5 Å². The molecule has 1 saturated heterocycles. The third kappa shape index (κ3) is 2.21. The van der Waals surface area contributed by atoms with E-state index in [2.05, 4.69) is 0 Å². The first kappa shape index (κ1) is 10.9. The van der Waals surface area contributed by atoms with Gasteiger partial charge in [-0.15, -0.1) is 0 Å². The summed E-state index contributed by atoms with van der Waals surface area (Å²) in [5.74, 6) is 0.445. The molecule has 78 valence electrons. The predicted octanol–water partition coefficient (Wildman–Crippen LogP) is 0.0388. The van der Waals surface area contributed by atoms with Gasteiger partial charge in [-0.25, -0.2) is 12.7 Å². The zero-order valence-corrected chi connectivity index (χ0v) is 8.92. The van der Waals surface area contributed by atoms with E-state index in [1.807, 2.05) is 6.92 Å². The van der Waals surface area contributed by atoms with Crippen molar-refractivity contribution >= 4 is 10.0 Å². The van der Waals surface area contributed by atoms with Crippen LogP contribution in [0.1, 0.15) is 20.3 Å². The van der Waals surface area contributed by atoms with Crippen LogP contribution in [-0.2, 0) is 10.0 Å². The van der Waals surface area contributed by atoms with Crippen molar-refractivity contribution in [2.75, 3.05) is 19.7 Å². The van der Waals surface area contributed by atoms with E-state index in [9.17, 15) is 8.42 Å². The van der Waals surface area contributed by atoms with Crippen molar-refractivity contribution in [3.05, 3.63) is 0 Å². The van der Waals surface area contributed by atoms with Gasteiger partial charge in [0.25, 0.3) is 0 Å². The summed E-state index contributed by atoms with van der Waals surface area (Å²) in [4.78, 5) is 0. The summed E-state index contributed by atoms with van der Waals surface area (Å²) in [6.07, 6.45) is 0.928. The van der Waals surface area contributed by atoms with Gasteiger partial charge in [-0.05, 0) is 19.3 Å². The standard InChI is InChI=1S/C8H17NO3S/c1-7-3-4-9(5-7)13(11,12)8(2)6-10/h7-8,10H,3-6H2,1-2H3. The Kier molecular flexibility index (Phi) is 3.32. The Morgan fingerprint density at radius 1 is 1.62 bits per heavy atom. The van der Waals surface area contributed by atoms with E-state index in [0.717, 1.165) is 6.42 Å². The van der Waals surface area contributed by atoms with Crippen LogP contribution in [0.15, 0.2) is 0 Å². The normalized spacial score (nSPS) is 27.8. The Balaban J connectivity index is 2.71. The van der Waals surface area contributed by atoms with Gasteiger partial charge in [-0.3, -0.25) is 0 Å². The first-order valence-electron chi connectivity index (χ1n) is 4.58. The van der Waals surface area contributed by atoms with Gasteiger partial charge in [0.15, 0.2) is 0 Å². The molecule has 1 aliphatic rings. The topological polar surface area (TPSA) is 57.6 Å². The molecule has 1 aliphatic heterocycles. The second-order valence-corrected chi connectivity index (χ2v) is 6.14. The van der Waals surface area contributed by atoms with Crippen LogP contribution in [0, 0.1) is 5.92 Å². The molecule has 0 aromatic heterocycles. The van der Waals surface area contributed by atoms with Crippen LogP contribution in [-0.4, -0.2) is 42.8 Å². The molecule has 4 nitrogen and oxygen atoms in total. The van der Waals surface area contributed by atoms with E-state index in [0.29, 0.717) is 19.0 Å². The maximum absolute atomic E-state index is 11.7. The van der Waals surface area contributed by atoms with Crippen molar-refractivity contribution in [2.24, 2.45) is 5.92 Å². The van der Waals surface area contributed by atoms with E-state index in [1.54, 1.807) is 6.92 Å². The fourth-order valence-electron chi connectivity index (χ4n) is 1.47. The van der Waals surface area contributed by atoms with E-state index in [1.165, 1.54) is 4.31 Å². The lowest BCUT2D eigenvalue weighted by Crippen LogP contribution is -2.37. The lowest BCUT2D eigenvalue weighted by Gasteiger charge is -2.19. The van der Waals surface area contributed by atoms with Crippen molar-refractivity contribution in [1.29, 1.82) is 0 Å². The summed E-state index contributed by atoms with van der Waals surface area (Å²) in [7, 11) is -3.24. The average molecular weight is 207 g/mol. The molecule has 0 saturated carbocycles. The van der Waals surface area contributed by atoms with E-state index in [-0.39, 0.29) is 6.61 Å². The van der Waals surface area contributed by atoms with Gasteiger partial charge in [-0.1, -0.05) is 6.92 Å². The quantitative estimate of drug-likeness (QED) is 0.711. The summed E-state index contributed by atoms with van der Waals surface area (Å²) >= 11 is 0. The molecule has 0 amide bonds. The maximum Gasteiger partial charge on any atom is 0.218 e. The Labute approximate surface area is 79.6 Å². The molecule has 0 aliphatic carbocycles. The van der Waals surface area contributed by atoms with Crippen LogP contribution < -0.4 is 0 Å². The van der Waals surface area contributed by atoms with Crippen molar-refractivity contribution < 1.29 is 13.5 Å². The van der Waals surface area contributed by atoms with Crippen molar-refractivity contribution in [3.63, 3.8) is 0 Å². The molecule has 1 N–H and O–H groups in total. The van der Waals surface area contributed by atoms with Crippen molar-refractivity contribution in [3.8, 4) is 0 Å². The minimum atomic E-state index is -3.24. The van der Waals surface area contributed by atoms with Crippen molar-refractivity contribution in [1.82, 2.24) is 4.31 Å². The number of hydrogen-bond donors (Lipinski definition) is 1. The number of aliphatic hydroxyl groups is 1. The smallest absolute Gasteiger partial charge is 0.218 e. The van der Waals surface area contributed by atoms with E-state index >= 15 is 0 Å². The summed E-state index contributed by atoms with van der Waals surface area (Å²) in [5.41, 5.74) is 0. The first-order chi connectivity index (χ1) is 5.98. The highest BCUT2D eigenvalue weighted by Crippen LogP contribution is 2.20. The molecule has 0 radical (unpaired) electrons. The van der Waals surface area contributed by atoms with Gasteiger partial charge in [-0.2, -0.15) is 0 Å². The summed E-state index contributed by atoms with van der Waals surface area (Å²) in [5, 5.41) is 8.12. The highest BCUT2D eigenvalue weighted by molar-refractivity contribution is 7.89. The van der Waals surface area contributed by atoms with Gasteiger partial charge in [0.2, 0.25) is 10.0 Å². The minimum absolute atomic E-state index is 0.298. The van der Waals surface area contributed by atoms with E-state index in [4.69, 9.17) is 5.11 Å². The highest BCUT2D eigenvalue weighted by Gasteiger charge is 2.32. The second kappa shape index (κ2) is 3.94. The Morgan fingerprint density at radius 2 is 2.23 bits per heavy atom. The Bertz CT molecular complexity index is 263. The van der Waals surface area contributed by atoms with E-state index < -0.39 is 15.3 Å². The van der Waals surface area contributed by atoms with Gasteiger partial charge < -0.3 is 5.11 Å². The molecule has 1 rings (SSSR count). The largest absolute Gasteiger partial charge is 0.395 e. The second-order valence-electron chi connectivity index (χ2n) is 3.79. The fraction of sp³-hybridized carbons (Fsp3) is 1.00. The molecule has 0 aromatic rings. The van der Waals surface area contributed by atoms with Gasteiger partial charge in [0.05, 0.1) is 11.9 Å². The maximum atomic E-state index is 11.7. The van der Waals surface area contributed by atoms with Gasteiger partial charge >= 0.3 is 0 Å². The van der Waals surface area contributed by atoms with Gasteiger partial charge in [0.1, 0.15) is 0 Å². The molecule has 0 bridgehead atoms. The monoisotopic (exact) mass is 207 g/mol. The Hall–Kier alpha value is -0.130. The molecule has 1 fully saturated rings. The zero-order valence-electron chi connectivity index (χ0n) is 8.10. The average Bonchev–Trinajstić information content (AvgIpc) is 2.50.